The van der Waals surface area contributed by atoms with E-state index in [9.17, 15) is 4.79 Å². The van der Waals surface area contributed by atoms with E-state index in [1.807, 2.05) is 36.4 Å². The first-order chi connectivity index (χ1) is 14.2. The van der Waals surface area contributed by atoms with Gasteiger partial charge in [-0.2, -0.15) is 0 Å². The van der Waals surface area contributed by atoms with Gasteiger partial charge in [-0.05, 0) is 35.9 Å². The number of morpholine rings is 1. The van der Waals surface area contributed by atoms with Gasteiger partial charge in [0.1, 0.15) is 0 Å². The predicted molar refractivity (Wildman–Crippen MR) is 111 cm³/mol. The van der Waals surface area contributed by atoms with Crippen molar-refractivity contribution in [3.8, 4) is 0 Å². The number of aromatic nitrogens is 2. The van der Waals surface area contributed by atoms with Gasteiger partial charge in [0, 0.05) is 25.7 Å². The number of aromatic carboxylic acids is 1. The summed E-state index contributed by atoms with van der Waals surface area (Å²) in [6.07, 6.45) is 2.33. The van der Waals surface area contributed by atoms with Crippen LogP contribution in [0.2, 0.25) is 0 Å². The predicted octanol–water partition coefficient (Wildman–Crippen LogP) is 3.35. The van der Waals surface area contributed by atoms with E-state index >= 15 is 0 Å². The molecule has 1 fully saturated rings. The molecule has 0 aliphatic carbocycles. The maximum Gasteiger partial charge on any atom is 0.335 e. The first-order valence-electron chi connectivity index (χ1n) is 9.52. The highest BCUT2D eigenvalue weighted by Gasteiger charge is 2.15. The second kappa shape index (κ2) is 8.70. The summed E-state index contributed by atoms with van der Waals surface area (Å²) in [7, 11) is 0. The van der Waals surface area contributed by atoms with Crippen molar-refractivity contribution < 1.29 is 14.6 Å². The topological polar surface area (TPSA) is 87.6 Å². The molecule has 1 aliphatic rings. The monoisotopic (exact) mass is 390 g/mol. The second-order valence-corrected chi connectivity index (χ2v) is 6.79. The molecule has 0 bridgehead atoms. The lowest BCUT2D eigenvalue weighted by atomic mass is 10.1. The second-order valence-electron chi connectivity index (χ2n) is 6.79. The lowest BCUT2D eigenvalue weighted by Crippen LogP contribution is -2.36. The molecule has 29 heavy (non-hydrogen) atoms. The van der Waals surface area contributed by atoms with E-state index in [0.717, 1.165) is 48.9 Å². The van der Waals surface area contributed by atoms with Gasteiger partial charge in [0.2, 0.25) is 5.95 Å². The van der Waals surface area contributed by atoms with Crippen LogP contribution in [0.5, 0.6) is 0 Å². The Morgan fingerprint density at radius 2 is 1.83 bits per heavy atom. The molecule has 2 aromatic carbocycles. The first kappa shape index (κ1) is 18.9. The van der Waals surface area contributed by atoms with Gasteiger partial charge in [0.15, 0.2) is 0 Å². The van der Waals surface area contributed by atoms with E-state index in [0.29, 0.717) is 12.4 Å². The minimum absolute atomic E-state index is 0.276. The Balaban J connectivity index is 1.50. The number of para-hydroxylation sites is 2. The summed E-state index contributed by atoms with van der Waals surface area (Å²) in [6, 6.07) is 16.8. The third-order valence-electron chi connectivity index (χ3n) is 4.80. The smallest absolute Gasteiger partial charge is 0.335 e. The number of nitrogens with zero attached hydrogens (tertiary/aromatic N) is 3. The number of hydrogen-bond acceptors (Lipinski definition) is 6. The Kier molecular flexibility index (Phi) is 5.67. The molecule has 0 spiro atoms. The van der Waals surface area contributed by atoms with Gasteiger partial charge in [-0.1, -0.05) is 24.3 Å². The standard InChI is InChI=1S/C22H22N4O3/c27-21(28)17-7-5-16(6-8-17)15-18-9-10-23-22(24-18)25-19-3-1-2-4-20(19)26-11-13-29-14-12-26/h1-10H,11-15H2,(H,27,28)(H,23,24,25). The Bertz CT molecular complexity index is 985. The van der Waals surface area contributed by atoms with E-state index in [4.69, 9.17) is 9.84 Å². The van der Waals surface area contributed by atoms with Crippen molar-refractivity contribution in [3.63, 3.8) is 0 Å². The number of benzene rings is 2. The van der Waals surface area contributed by atoms with Crippen LogP contribution in [-0.2, 0) is 11.2 Å². The molecule has 4 rings (SSSR count). The van der Waals surface area contributed by atoms with E-state index in [-0.39, 0.29) is 5.56 Å². The minimum atomic E-state index is -0.927. The number of carbonyl (C=O) groups is 1. The van der Waals surface area contributed by atoms with Gasteiger partial charge in [-0.3, -0.25) is 0 Å². The van der Waals surface area contributed by atoms with Gasteiger partial charge in [-0.15, -0.1) is 0 Å². The summed E-state index contributed by atoms with van der Waals surface area (Å²) in [5.41, 5.74) is 4.19. The quantitative estimate of drug-likeness (QED) is 0.667. The third kappa shape index (κ3) is 4.70. The number of nitrogens with one attached hydrogen (secondary N) is 1. The molecule has 0 atom stereocenters. The van der Waals surface area contributed by atoms with Crippen LogP contribution in [0.4, 0.5) is 17.3 Å². The zero-order valence-electron chi connectivity index (χ0n) is 15.9. The number of hydrogen-bond donors (Lipinski definition) is 2. The molecule has 0 amide bonds. The van der Waals surface area contributed by atoms with Crippen LogP contribution in [0.15, 0.2) is 60.8 Å². The van der Waals surface area contributed by atoms with E-state index in [2.05, 4.69) is 26.3 Å². The molecule has 1 aliphatic heterocycles. The van der Waals surface area contributed by atoms with Crippen molar-refractivity contribution in [1.29, 1.82) is 0 Å². The molecule has 2 N–H and O–H groups in total. The molecule has 1 aromatic heterocycles. The first-order valence-corrected chi connectivity index (χ1v) is 9.52. The number of rotatable bonds is 6. The fourth-order valence-corrected chi connectivity index (χ4v) is 3.31. The minimum Gasteiger partial charge on any atom is -0.478 e. The highest BCUT2D eigenvalue weighted by molar-refractivity contribution is 5.87. The molecule has 0 saturated carbocycles. The fraction of sp³-hybridized carbons (Fsp3) is 0.227. The Morgan fingerprint density at radius 3 is 2.59 bits per heavy atom. The molecule has 0 radical (unpaired) electrons. The molecule has 1 saturated heterocycles. The van der Waals surface area contributed by atoms with Gasteiger partial charge in [0.05, 0.1) is 35.8 Å². The average molecular weight is 390 g/mol. The van der Waals surface area contributed by atoms with Crippen molar-refractivity contribution in [2.24, 2.45) is 0 Å². The van der Waals surface area contributed by atoms with Crippen LogP contribution in [0.25, 0.3) is 0 Å². The van der Waals surface area contributed by atoms with E-state index in [1.54, 1.807) is 18.3 Å². The lowest BCUT2D eigenvalue weighted by Gasteiger charge is -2.30. The highest BCUT2D eigenvalue weighted by atomic mass is 16.5. The molecule has 7 heteroatoms. The SMILES string of the molecule is O=C(O)c1ccc(Cc2ccnc(Nc3ccccc3N3CCOCC3)n2)cc1. The summed E-state index contributed by atoms with van der Waals surface area (Å²) < 4.78 is 5.45. The van der Waals surface area contributed by atoms with Gasteiger partial charge < -0.3 is 20.1 Å². The largest absolute Gasteiger partial charge is 0.478 e. The maximum absolute atomic E-state index is 11.0. The summed E-state index contributed by atoms with van der Waals surface area (Å²) in [5, 5.41) is 12.4. The molecule has 7 nitrogen and oxygen atoms in total. The van der Waals surface area contributed by atoms with E-state index < -0.39 is 5.97 Å². The molecular weight excluding hydrogens is 368 g/mol. The van der Waals surface area contributed by atoms with Gasteiger partial charge in [0.25, 0.3) is 0 Å². The zero-order chi connectivity index (χ0) is 20.1. The number of carboxylic acids is 1. The summed E-state index contributed by atoms with van der Waals surface area (Å²) >= 11 is 0. The van der Waals surface area contributed by atoms with Crippen LogP contribution >= 0.6 is 0 Å². The fourth-order valence-electron chi connectivity index (χ4n) is 3.31. The van der Waals surface area contributed by atoms with Crippen molar-refractivity contribution in [2.75, 3.05) is 36.5 Å². The van der Waals surface area contributed by atoms with Crippen molar-refractivity contribution in [2.45, 2.75) is 6.42 Å². The third-order valence-corrected chi connectivity index (χ3v) is 4.80. The summed E-state index contributed by atoms with van der Waals surface area (Å²) in [5.74, 6) is -0.394. The molecule has 3 aromatic rings. The maximum atomic E-state index is 11.0. The van der Waals surface area contributed by atoms with Crippen molar-refractivity contribution >= 4 is 23.3 Å². The zero-order valence-corrected chi connectivity index (χ0v) is 15.9. The van der Waals surface area contributed by atoms with Gasteiger partial charge in [-0.25, -0.2) is 14.8 Å². The molecule has 148 valence electrons. The lowest BCUT2D eigenvalue weighted by molar-refractivity contribution is 0.0697. The van der Waals surface area contributed by atoms with E-state index in [1.165, 1.54) is 0 Å². The normalized spacial score (nSPS) is 13.9. The number of carboxylic acid groups (broad SMARTS) is 1. The molecular formula is C22H22N4O3. The van der Waals surface area contributed by atoms with Gasteiger partial charge >= 0.3 is 5.97 Å². The molecule has 2 heterocycles. The Morgan fingerprint density at radius 1 is 1.07 bits per heavy atom. The molecule has 0 unspecified atom stereocenters. The van der Waals surface area contributed by atoms with Crippen LogP contribution in [0.1, 0.15) is 21.6 Å². The van der Waals surface area contributed by atoms with Crippen molar-refractivity contribution in [1.82, 2.24) is 9.97 Å². The Hall–Kier alpha value is -3.45. The summed E-state index contributed by atoms with van der Waals surface area (Å²) in [6.45, 7) is 3.15. The number of ether oxygens (including phenoxy) is 1. The average Bonchev–Trinajstić information content (AvgIpc) is 2.75. The Labute approximate surface area is 169 Å². The van der Waals surface area contributed by atoms with Crippen LogP contribution in [-0.4, -0.2) is 47.3 Å². The van der Waals surface area contributed by atoms with Crippen LogP contribution in [0, 0.1) is 0 Å². The highest BCUT2D eigenvalue weighted by Crippen LogP contribution is 2.28. The van der Waals surface area contributed by atoms with Crippen LogP contribution < -0.4 is 10.2 Å². The number of anilines is 3. The van der Waals surface area contributed by atoms with Crippen molar-refractivity contribution in [3.05, 3.63) is 77.6 Å². The van der Waals surface area contributed by atoms with Crippen LogP contribution in [0.3, 0.4) is 0 Å². The summed E-state index contributed by atoms with van der Waals surface area (Å²) in [4.78, 5) is 22.3.